The minimum atomic E-state index is -3.59. The molecule has 2 aromatic carbocycles. The number of rotatable bonds is 12. The summed E-state index contributed by atoms with van der Waals surface area (Å²) < 4.78 is 33.3. The number of fused-ring (bicyclic) bond motifs is 1. The number of hydrogen-bond acceptors (Lipinski definition) is 7. The van der Waals surface area contributed by atoms with Crippen LogP contribution in [-0.4, -0.2) is 74.9 Å². The van der Waals surface area contributed by atoms with Crippen LogP contribution in [0.1, 0.15) is 38.1 Å². The smallest absolute Gasteiger partial charge is 0.260 e. The number of amides is 1. The van der Waals surface area contributed by atoms with E-state index in [0.717, 1.165) is 29.1 Å². The molecule has 0 radical (unpaired) electrons. The number of methoxy groups -OCH3 is 1. The van der Waals surface area contributed by atoms with Crippen LogP contribution in [0.2, 0.25) is 0 Å². The molecule has 0 fully saturated rings. The number of nitrogens with zero attached hydrogens (tertiary/aromatic N) is 4. The van der Waals surface area contributed by atoms with Gasteiger partial charge in [-0.1, -0.05) is 39.0 Å². The predicted molar refractivity (Wildman–Crippen MR) is 142 cm³/mol. The number of hydrogen-bond donors (Lipinski definition) is 0. The van der Waals surface area contributed by atoms with Crippen LogP contribution in [-0.2, 0) is 10.0 Å². The molecule has 0 atom stereocenters. The van der Waals surface area contributed by atoms with Gasteiger partial charge in [0.2, 0.25) is 10.0 Å². The highest BCUT2D eigenvalue weighted by molar-refractivity contribution is 7.89. The summed E-state index contributed by atoms with van der Waals surface area (Å²) in [4.78, 5) is 22.5. The molecule has 190 valence electrons. The molecule has 3 rings (SSSR count). The van der Waals surface area contributed by atoms with Gasteiger partial charge in [0.15, 0.2) is 5.13 Å². The van der Waals surface area contributed by atoms with Gasteiger partial charge in [0.1, 0.15) is 5.75 Å². The van der Waals surface area contributed by atoms with Crippen molar-refractivity contribution in [2.45, 2.75) is 32.6 Å². The Bertz CT molecular complexity index is 1230. The molecule has 0 spiro atoms. The summed E-state index contributed by atoms with van der Waals surface area (Å²) >= 11 is 1.43. The summed E-state index contributed by atoms with van der Waals surface area (Å²) in [5.41, 5.74) is 1.21. The lowest BCUT2D eigenvalue weighted by atomic mass is 10.2. The third kappa shape index (κ3) is 6.00. The zero-order valence-corrected chi connectivity index (χ0v) is 22.7. The van der Waals surface area contributed by atoms with Crippen molar-refractivity contribution in [1.82, 2.24) is 14.2 Å². The molecule has 10 heteroatoms. The van der Waals surface area contributed by atoms with E-state index in [1.165, 1.54) is 27.8 Å². The third-order valence-electron chi connectivity index (χ3n) is 6.04. The van der Waals surface area contributed by atoms with E-state index in [0.29, 0.717) is 36.9 Å². The number of likely N-dealkylation sites (N-methyl/N-ethyl adjacent to an activating group) is 1. The van der Waals surface area contributed by atoms with Crippen molar-refractivity contribution < 1.29 is 17.9 Å². The maximum atomic E-state index is 13.6. The molecule has 1 amide bonds. The van der Waals surface area contributed by atoms with Gasteiger partial charge in [-0.2, -0.15) is 4.31 Å². The highest BCUT2D eigenvalue weighted by Crippen LogP contribution is 2.32. The van der Waals surface area contributed by atoms with E-state index in [1.807, 2.05) is 18.2 Å². The zero-order chi connectivity index (χ0) is 25.6. The number of carbonyl (C=O) groups is 1. The van der Waals surface area contributed by atoms with Crippen molar-refractivity contribution in [3.63, 3.8) is 0 Å². The minimum Gasteiger partial charge on any atom is -0.497 e. The van der Waals surface area contributed by atoms with Crippen LogP contribution in [0.15, 0.2) is 47.4 Å². The molecule has 0 saturated heterocycles. The Morgan fingerprint density at radius 1 is 0.943 bits per heavy atom. The van der Waals surface area contributed by atoms with Gasteiger partial charge in [-0.25, -0.2) is 13.4 Å². The first-order valence-corrected chi connectivity index (χ1v) is 14.1. The summed E-state index contributed by atoms with van der Waals surface area (Å²) in [6.45, 7) is 11.5. The van der Waals surface area contributed by atoms with Crippen molar-refractivity contribution in [3.8, 4) is 5.75 Å². The fourth-order valence-electron chi connectivity index (χ4n) is 3.84. The van der Waals surface area contributed by atoms with Crippen molar-refractivity contribution in [2.75, 3.05) is 51.3 Å². The standard InChI is InChI=1S/C25H34N4O4S2/c1-6-27(7-2)16-17-29(25-26-22-15-12-20(33-5)18-23(22)34-25)24(30)19-10-13-21(14-11-19)35(31,32)28(8-3)9-4/h10-15,18H,6-9,16-17H2,1-5H3. The van der Waals surface area contributed by atoms with Gasteiger partial charge in [0.05, 0.1) is 22.2 Å². The molecular weight excluding hydrogens is 484 g/mol. The third-order valence-corrected chi connectivity index (χ3v) is 9.14. The Balaban J connectivity index is 1.95. The van der Waals surface area contributed by atoms with Gasteiger partial charge in [0, 0.05) is 31.7 Å². The van der Waals surface area contributed by atoms with Crippen LogP contribution in [0.3, 0.4) is 0 Å². The Labute approximate surface area is 212 Å². The number of thiazole rings is 1. The van der Waals surface area contributed by atoms with E-state index in [1.54, 1.807) is 38.0 Å². The van der Waals surface area contributed by atoms with Gasteiger partial charge in [-0.15, -0.1) is 0 Å². The van der Waals surface area contributed by atoms with Crippen LogP contribution in [0, 0.1) is 0 Å². The first-order chi connectivity index (χ1) is 16.8. The average Bonchev–Trinajstić information content (AvgIpc) is 3.30. The lowest BCUT2D eigenvalue weighted by Gasteiger charge is -2.25. The molecule has 0 aliphatic carbocycles. The number of sulfonamides is 1. The number of benzene rings is 2. The number of carbonyl (C=O) groups excluding carboxylic acids is 1. The van der Waals surface area contributed by atoms with E-state index in [-0.39, 0.29) is 10.8 Å². The second kappa shape index (κ2) is 11.9. The van der Waals surface area contributed by atoms with E-state index in [9.17, 15) is 13.2 Å². The summed E-state index contributed by atoms with van der Waals surface area (Å²) in [6, 6.07) is 11.8. The molecule has 1 aromatic heterocycles. The molecule has 0 aliphatic rings. The Morgan fingerprint density at radius 2 is 1.60 bits per heavy atom. The molecule has 0 aliphatic heterocycles. The van der Waals surface area contributed by atoms with E-state index in [2.05, 4.69) is 18.7 Å². The molecule has 3 aromatic rings. The van der Waals surface area contributed by atoms with Crippen molar-refractivity contribution >= 4 is 42.6 Å². The van der Waals surface area contributed by atoms with Gasteiger partial charge in [-0.3, -0.25) is 9.69 Å². The van der Waals surface area contributed by atoms with Crippen LogP contribution < -0.4 is 9.64 Å². The molecule has 0 saturated carbocycles. The maximum Gasteiger partial charge on any atom is 0.260 e. The van der Waals surface area contributed by atoms with Gasteiger partial charge in [-0.05, 0) is 55.6 Å². The predicted octanol–water partition coefficient (Wildman–Crippen LogP) is 4.32. The van der Waals surface area contributed by atoms with E-state index < -0.39 is 10.0 Å². The highest BCUT2D eigenvalue weighted by Gasteiger charge is 2.25. The average molecular weight is 519 g/mol. The molecule has 35 heavy (non-hydrogen) atoms. The van der Waals surface area contributed by atoms with E-state index >= 15 is 0 Å². The largest absolute Gasteiger partial charge is 0.497 e. The van der Waals surface area contributed by atoms with Crippen molar-refractivity contribution in [2.24, 2.45) is 0 Å². The minimum absolute atomic E-state index is 0.180. The Morgan fingerprint density at radius 3 is 2.17 bits per heavy atom. The highest BCUT2D eigenvalue weighted by atomic mass is 32.2. The van der Waals surface area contributed by atoms with Crippen LogP contribution in [0.25, 0.3) is 10.2 Å². The van der Waals surface area contributed by atoms with Gasteiger partial charge in [0.25, 0.3) is 5.91 Å². The topological polar surface area (TPSA) is 83.1 Å². The summed E-state index contributed by atoms with van der Waals surface area (Å²) in [5, 5.41) is 0.602. The monoisotopic (exact) mass is 518 g/mol. The van der Waals surface area contributed by atoms with Crippen molar-refractivity contribution in [3.05, 3.63) is 48.0 Å². The quantitative estimate of drug-likeness (QED) is 0.355. The van der Waals surface area contributed by atoms with E-state index in [4.69, 9.17) is 9.72 Å². The fourth-order valence-corrected chi connectivity index (χ4v) is 6.31. The first-order valence-electron chi connectivity index (χ1n) is 11.9. The molecule has 0 bridgehead atoms. The number of ether oxygens (including phenoxy) is 1. The molecule has 0 unspecified atom stereocenters. The molecular formula is C25H34N4O4S2. The number of aromatic nitrogens is 1. The normalized spacial score (nSPS) is 12.0. The Kier molecular flexibility index (Phi) is 9.23. The summed E-state index contributed by atoms with van der Waals surface area (Å²) in [7, 11) is -1.97. The van der Waals surface area contributed by atoms with Crippen LogP contribution >= 0.6 is 11.3 Å². The lowest BCUT2D eigenvalue weighted by Crippen LogP contribution is -2.39. The molecule has 0 N–H and O–H groups in total. The zero-order valence-electron chi connectivity index (χ0n) is 21.0. The summed E-state index contributed by atoms with van der Waals surface area (Å²) in [5.74, 6) is 0.522. The van der Waals surface area contributed by atoms with Crippen LogP contribution in [0.5, 0.6) is 5.75 Å². The maximum absolute atomic E-state index is 13.6. The first kappa shape index (κ1) is 27.1. The number of anilines is 1. The van der Waals surface area contributed by atoms with Crippen molar-refractivity contribution in [1.29, 1.82) is 0 Å². The SMILES string of the molecule is CCN(CC)CCN(C(=O)c1ccc(S(=O)(=O)N(CC)CC)cc1)c1nc2ccc(OC)cc2s1. The second-order valence-corrected chi connectivity index (χ2v) is 10.9. The van der Waals surface area contributed by atoms with Gasteiger partial charge >= 0.3 is 0 Å². The van der Waals surface area contributed by atoms with Crippen LogP contribution in [0.4, 0.5) is 5.13 Å². The van der Waals surface area contributed by atoms with Gasteiger partial charge < -0.3 is 9.64 Å². The summed E-state index contributed by atoms with van der Waals surface area (Å²) in [6.07, 6.45) is 0. The molecule has 8 nitrogen and oxygen atoms in total. The fraction of sp³-hybridized carbons (Fsp3) is 0.440. The lowest BCUT2D eigenvalue weighted by molar-refractivity contribution is 0.0983. The molecule has 1 heterocycles. The Hall–Kier alpha value is -2.53. The second-order valence-electron chi connectivity index (χ2n) is 7.93.